The molecule has 1 saturated heterocycles. The van der Waals surface area contributed by atoms with Crippen molar-refractivity contribution >= 4 is 17.9 Å². The van der Waals surface area contributed by atoms with Gasteiger partial charge >= 0.3 is 6.09 Å². The predicted octanol–water partition coefficient (Wildman–Crippen LogP) is 4.20. The quantitative estimate of drug-likeness (QED) is 0.605. The van der Waals surface area contributed by atoms with Crippen molar-refractivity contribution in [2.45, 2.75) is 64.3 Å². The van der Waals surface area contributed by atoms with Crippen LogP contribution in [0.5, 0.6) is 0 Å². The average molecular weight is 339 g/mol. The molecule has 1 amide bonds. The normalized spacial score (nSPS) is 18.1. The first-order valence-electron chi connectivity index (χ1n) is 7.85. The summed E-state index contributed by atoms with van der Waals surface area (Å²) in [5.74, 6) is 1.29. The van der Waals surface area contributed by atoms with Gasteiger partial charge in [0.1, 0.15) is 11.6 Å². The van der Waals surface area contributed by atoms with Gasteiger partial charge in [-0.2, -0.15) is 0 Å². The van der Waals surface area contributed by atoms with Crippen molar-refractivity contribution in [3.63, 3.8) is 0 Å². The smallest absolute Gasteiger partial charge is 0.410 e. The molecule has 1 fully saturated rings. The molecule has 1 aromatic heterocycles. The second-order valence-corrected chi connectivity index (χ2v) is 7.80. The summed E-state index contributed by atoms with van der Waals surface area (Å²) in [7, 11) is 0. The molecule has 6 nitrogen and oxygen atoms in total. The summed E-state index contributed by atoms with van der Waals surface area (Å²) in [5, 5.41) is 8.72. The largest absolute Gasteiger partial charge is 0.444 e. The summed E-state index contributed by atoms with van der Waals surface area (Å²) in [5.41, 5.74) is 0.744. The number of thioether (sulfide) groups is 1. The van der Waals surface area contributed by atoms with Crippen LogP contribution in [0.15, 0.2) is 21.3 Å². The number of aromatic nitrogens is 2. The molecule has 0 spiro atoms. The van der Waals surface area contributed by atoms with Gasteiger partial charge in [0.05, 0.1) is 0 Å². The first-order chi connectivity index (χ1) is 10.8. The second-order valence-electron chi connectivity index (χ2n) is 6.83. The summed E-state index contributed by atoms with van der Waals surface area (Å²) in [6.07, 6.45) is 3.51. The van der Waals surface area contributed by atoms with Crippen molar-refractivity contribution in [2.24, 2.45) is 0 Å². The van der Waals surface area contributed by atoms with Crippen LogP contribution in [0.4, 0.5) is 4.79 Å². The topological polar surface area (TPSA) is 68.5 Å². The Labute approximate surface area is 141 Å². The molecule has 1 aliphatic rings. The maximum Gasteiger partial charge on any atom is 0.410 e. The fourth-order valence-electron chi connectivity index (χ4n) is 2.26. The number of amides is 1. The SMILES string of the molecule is CC(C)=CCSc1nnc([C@@H]2CCCN2C(=O)OC(C)(C)C)o1. The van der Waals surface area contributed by atoms with Crippen LogP contribution >= 0.6 is 11.8 Å². The third-order valence-corrected chi connectivity index (χ3v) is 4.03. The molecule has 23 heavy (non-hydrogen) atoms. The maximum absolute atomic E-state index is 12.3. The predicted molar refractivity (Wildman–Crippen MR) is 89.4 cm³/mol. The molecule has 1 atom stereocenters. The Morgan fingerprint density at radius 1 is 1.43 bits per heavy atom. The highest BCUT2D eigenvalue weighted by Gasteiger charge is 2.36. The molecule has 1 aromatic rings. The Hall–Kier alpha value is -1.50. The van der Waals surface area contributed by atoms with Gasteiger partial charge in [-0.05, 0) is 47.5 Å². The van der Waals surface area contributed by atoms with Gasteiger partial charge in [0.15, 0.2) is 0 Å². The van der Waals surface area contributed by atoms with Crippen LogP contribution in [0, 0.1) is 0 Å². The zero-order valence-corrected chi connectivity index (χ0v) is 15.3. The van der Waals surface area contributed by atoms with E-state index in [2.05, 4.69) is 30.1 Å². The minimum Gasteiger partial charge on any atom is -0.444 e. The lowest BCUT2D eigenvalue weighted by Crippen LogP contribution is -2.36. The van der Waals surface area contributed by atoms with Crippen LogP contribution in [0.25, 0.3) is 0 Å². The Morgan fingerprint density at radius 3 is 2.83 bits per heavy atom. The van der Waals surface area contributed by atoms with Crippen molar-refractivity contribution in [3.05, 3.63) is 17.5 Å². The molecule has 2 heterocycles. The fraction of sp³-hybridized carbons (Fsp3) is 0.688. The van der Waals surface area contributed by atoms with Crippen LogP contribution in [0.3, 0.4) is 0 Å². The minimum absolute atomic E-state index is 0.185. The number of ether oxygens (including phenoxy) is 1. The summed E-state index contributed by atoms with van der Waals surface area (Å²) in [6, 6.07) is -0.185. The highest BCUT2D eigenvalue weighted by molar-refractivity contribution is 7.99. The summed E-state index contributed by atoms with van der Waals surface area (Å²) in [4.78, 5) is 14.0. The van der Waals surface area contributed by atoms with Crippen LogP contribution < -0.4 is 0 Å². The summed E-state index contributed by atoms with van der Waals surface area (Å²) < 4.78 is 11.2. The van der Waals surface area contributed by atoms with Crippen molar-refractivity contribution in [3.8, 4) is 0 Å². The van der Waals surface area contributed by atoms with Crippen molar-refractivity contribution in [2.75, 3.05) is 12.3 Å². The van der Waals surface area contributed by atoms with E-state index >= 15 is 0 Å². The number of likely N-dealkylation sites (tertiary alicyclic amines) is 1. The van der Waals surface area contributed by atoms with Crippen molar-refractivity contribution in [1.29, 1.82) is 0 Å². The second kappa shape index (κ2) is 7.38. The van der Waals surface area contributed by atoms with Crippen LogP contribution in [0.1, 0.15) is 59.4 Å². The van der Waals surface area contributed by atoms with Crippen LogP contribution in [-0.2, 0) is 4.74 Å². The molecule has 2 rings (SSSR count). The van der Waals surface area contributed by atoms with E-state index in [4.69, 9.17) is 9.15 Å². The van der Waals surface area contributed by atoms with Gasteiger partial charge in [-0.15, -0.1) is 10.2 Å². The summed E-state index contributed by atoms with van der Waals surface area (Å²) in [6.45, 7) is 10.3. The zero-order valence-electron chi connectivity index (χ0n) is 14.5. The van der Waals surface area contributed by atoms with Gasteiger partial charge in [0.2, 0.25) is 5.89 Å². The van der Waals surface area contributed by atoms with Gasteiger partial charge < -0.3 is 9.15 Å². The monoisotopic (exact) mass is 339 g/mol. The molecule has 0 radical (unpaired) electrons. The Balaban J connectivity index is 2.01. The van der Waals surface area contributed by atoms with Crippen LogP contribution in [-0.4, -0.2) is 39.1 Å². The molecular weight excluding hydrogens is 314 g/mol. The standard InChI is InChI=1S/C16H25N3O3S/c1-11(2)8-10-23-14-18-17-13(21-14)12-7-6-9-19(12)15(20)22-16(3,4)5/h8,12H,6-7,9-10H2,1-5H3/t12-/m0/s1. The van der Waals surface area contributed by atoms with Crippen LogP contribution in [0.2, 0.25) is 0 Å². The number of allylic oxidation sites excluding steroid dienone is 1. The Kier molecular flexibility index (Phi) is 5.73. The van der Waals surface area contributed by atoms with Gasteiger partial charge in [0, 0.05) is 12.3 Å². The number of hydrogen-bond acceptors (Lipinski definition) is 6. The van der Waals surface area contributed by atoms with E-state index in [0.29, 0.717) is 17.7 Å². The molecular formula is C16H25N3O3S. The van der Waals surface area contributed by atoms with E-state index in [-0.39, 0.29) is 12.1 Å². The van der Waals surface area contributed by atoms with E-state index in [9.17, 15) is 4.79 Å². The van der Waals surface area contributed by atoms with Gasteiger partial charge in [-0.1, -0.05) is 23.4 Å². The highest BCUT2D eigenvalue weighted by atomic mass is 32.2. The van der Waals surface area contributed by atoms with E-state index < -0.39 is 5.60 Å². The first-order valence-corrected chi connectivity index (χ1v) is 8.84. The molecule has 0 unspecified atom stereocenters. The lowest BCUT2D eigenvalue weighted by molar-refractivity contribution is 0.0201. The average Bonchev–Trinajstić information content (AvgIpc) is 3.03. The number of carbonyl (C=O) groups excluding carboxylic acids is 1. The zero-order chi connectivity index (χ0) is 17.0. The molecule has 7 heteroatoms. The van der Waals surface area contributed by atoms with Gasteiger partial charge in [0.25, 0.3) is 5.22 Å². The van der Waals surface area contributed by atoms with E-state index in [1.165, 1.54) is 17.3 Å². The molecule has 0 bridgehead atoms. The lowest BCUT2D eigenvalue weighted by atomic mass is 10.2. The van der Waals surface area contributed by atoms with Crippen molar-refractivity contribution < 1.29 is 13.9 Å². The van der Waals surface area contributed by atoms with E-state index in [1.807, 2.05) is 20.8 Å². The molecule has 0 saturated carbocycles. The Bertz CT molecular complexity index is 573. The first kappa shape index (κ1) is 17.8. The minimum atomic E-state index is -0.509. The van der Waals surface area contributed by atoms with E-state index in [1.54, 1.807) is 4.90 Å². The number of rotatable bonds is 4. The van der Waals surface area contributed by atoms with Gasteiger partial charge in [-0.25, -0.2) is 4.79 Å². The number of hydrogen-bond donors (Lipinski definition) is 0. The number of carbonyl (C=O) groups is 1. The molecule has 0 N–H and O–H groups in total. The van der Waals surface area contributed by atoms with Gasteiger partial charge in [-0.3, -0.25) is 4.90 Å². The highest BCUT2D eigenvalue weighted by Crippen LogP contribution is 2.33. The van der Waals surface area contributed by atoms with E-state index in [0.717, 1.165) is 18.6 Å². The molecule has 1 aliphatic heterocycles. The Morgan fingerprint density at radius 2 is 2.17 bits per heavy atom. The third kappa shape index (κ3) is 5.27. The lowest BCUT2D eigenvalue weighted by Gasteiger charge is -2.27. The maximum atomic E-state index is 12.3. The van der Waals surface area contributed by atoms with Crippen molar-refractivity contribution in [1.82, 2.24) is 15.1 Å². The molecule has 0 aromatic carbocycles. The molecule has 128 valence electrons. The molecule has 0 aliphatic carbocycles. The number of nitrogens with zero attached hydrogens (tertiary/aromatic N) is 3. The third-order valence-electron chi connectivity index (χ3n) is 3.29. The summed E-state index contributed by atoms with van der Waals surface area (Å²) >= 11 is 1.50. The fourth-order valence-corrected chi connectivity index (χ4v) is 3.06.